The van der Waals surface area contributed by atoms with Crippen LogP contribution in [0, 0.1) is 0 Å². The molecule has 3 aromatic rings. The molecule has 0 saturated heterocycles. The standard InChI is InChI=1S/C20H23N5.HI/c1-21-20(24(2)16-17-8-4-3-5-9-17)22-15-18-10-6-11-19(14-18)25-13-7-12-23-25;/h3-14H,15-16H2,1-2H3,(H,21,22);1H. The maximum Gasteiger partial charge on any atom is 0.193 e. The van der Waals surface area contributed by atoms with E-state index >= 15 is 0 Å². The van der Waals surface area contributed by atoms with Crippen molar-refractivity contribution in [3.05, 3.63) is 84.2 Å². The van der Waals surface area contributed by atoms with Gasteiger partial charge < -0.3 is 10.2 Å². The van der Waals surface area contributed by atoms with Gasteiger partial charge in [-0.3, -0.25) is 4.99 Å². The van der Waals surface area contributed by atoms with Crippen LogP contribution in [0.5, 0.6) is 0 Å². The Labute approximate surface area is 171 Å². The molecule has 0 unspecified atom stereocenters. The molecule has 136 valence electrons. The molecule has 1 aromatic heterocycles. The summed E-state index contributed by atoms with van der Waals surface area (Å²) in [5.74, 6) is 0.869. The molecule has 0 spiro atoms. The monoisotopic (exact) mass is 461 g/mol. The molecular formula is C20H24IN5. The van der Waals surface area contributed by atoms with E-state index in [4.69, 9.17) is 0 Å². The first-order valence-corrected chi connectivity index (χ1v) is 8.31. The zero-order chi connectivity index (χ0) is 17.5. The Balaban J connectivity index is 0.00000243. The summed E-state index contributed by atoms with van der Waals surface area (Å²) in [5, 5.41) is 7.70. The lowest BCUT2D eigenvalue weighted by Crippen LogP contribution is -2.38. The Morgan fingerprint density at radius 3 is 2.54 bits per heavy atom. The fourth-order valence-electron chi connectivity index (χ4n) is 2.73. The van der Waals surface area contributed by atoms with Crippen LogP contribution in [0.4, 0.5) is 0 Å². The van der Waals surface area contributed by atoms with Gasteiger partial charge in [0.05, 0.1) is 5.69 Å². The topological polar surface area (TPSA) is 45.5 Å². The number of halogens is 1. The molecule has 6 heteroatoms. The van der Waals surface area contributed by atoms with Crippen molar-refractivity contribution in [2.75, 3.05) is 14.1 Å². The Kier molecular flexibility index (Phi) is 7.65. The van der Waals surface area contributed by atoms with Gasteiger partial charge in [0.2, 0.25) is 0 Å². The van der Waals surface area contributed by atoms with Crippen LogP contribution in [0.25, 0.3) is 5.69 Å². The molecule has 1 N–H and O–H groups in total. The van der Waals surface area contributed by atoms with Crippen molar-refractivity contribution in [1.82, 2.24) is 20.0 Å². The van der Waals surface area contributed by atoms with Crippen LogP contribution >= 0.6 is 24.0 Å². The molecular weight excluding hydrogens is 437 g/mol. The molecule has 0 atom stereocenters. The third kappa shape index (κ3) is 5.32. The molecule has 0 fully saturated rings. The molecule has 0 saturated carbocycles. The van der Waals surface area contributed by atoms with E-state index in [0.29, 0.717) is 6.54 Å². The number of benzene rings is 2. The van der Waals surface area contributed by atoms with Crippen molar-refractivity contribution in [3.8, 4) is 5.69 Å². The maximum atomic E-state index is 4.39. The highest BCUT2D eigenvalue weighted by Gasteiger charge is 2.07. The number of hydrogen-bond donors (Lipinski definition) is 1. The van der Waals surface area contributed by atoms with Gasteiger partial charge in [0.25, 0.3) is 0 Å². The summed E-state index contributed by atoms with van der Waals surface area (Å²) in [6.07, 6.45) is 3.73. The zero-order valence-corrected chi connectivity index (χ0v) is 17.4. The third-order valence-corrected chi connectivity index (χ3v) is 3.97. The van der Waals surface area contributed by atoms with E-state index in [2.05, 4.69) is 56.7 Å². The minimum atomic E-state index is 0. The lowest BCUT2D eigenvalue weighted by molar-refractivity contribution is 0.476. The average molecular weight is 461 g/mol. The van der Waals surface area contributed by atoms with Crippen molar-refractivity contribution < 1.29 is 0 Å². The molecule has 26 heavy (non-hydrogen) atoms. The molecule has 0 aliphatic carbocycles. The lowest BCUT2D eigenvalue weighted by Gasteiger charge is -2.22. The van der Waals surface area contributed by atoms with Gasteiger partial charge in [0.15, 0.2) is 5.96 Å². The molecule has 0 radical (unpaired) electrons. The summed E-state index contributed by atoms with van der Waals surface area (Å²) in [5.41, 5.74) is 3.49. The van der Waals surface area contributed by atoms with Crippen molar-refractivity contribution >= 4 is 29.9 Å². The van der Waals surface area contributed by atoms with Crippen molar-refractivity contribution in [2.24, 2.45) is 4.99 Å². The van der Waals surface area contributed by atoms with Crippen LogP contribution in [-0.4, -0.2) is 34.7 Å². The molecule has 3 rings (SSSR count). The van der Waals surface area contributed by atoms with E-state index < -0.39 is 0 Å². The number of nitrogens with zero attached hydrogens (tertiary/aromatic N) is 4. The van der Waals surface area contributed by atoms with Gasteiger partial charge in [-0.25, -0.2) is 4.68 Å². The predicted molar refractivity (Wildman–Crippen MR) is 117 cm³/mol. The largest absolute Gasteiger partial charge is 0.352 e. The first-order valence-electron chi connectivity index (χ1n) is 8.31. The normalized spacial score (nSPS) is 10.9. The van der Waals surface area contributed by atoms with Gasteiger partial charge in [-0.15, -0.1) is 24.0 Å². The van der Waals surface area contributed by atoms with Gasteiger partial charge in [-0.1, -0.05) is 42.5 Å². The summed E-state index contributed by atoms with van der Waals surface area (Å²) in [7, 11) is 3.85. The van der Waals surface area contributed by atoms with E-state index in [0.717, 1.165) is 18.2 Å². The highest BCUT2D eigenvalue weighted by molar-refractivity contribution is 14.0. The molecule has 0 amide bonds. The summed E-state index contributed by atoms with van der Waals surface area (Å²) < 4.78 is 1.86. The Hall–Kier alpha value is -2.35. The second-order valence-corrected chi connectivity index (χ2v) is 5.86. The average Bonchev–Trinajstić information content (AvgIpc) is 3.18. The van der Waals surface area contributed by atoms with E-state index in [9.17, 15) is 0 Å². The van der Waals surface area contributed by atoms with E-state index in [-0.39, 0.29) is 24.0 Å². The second-order valence-electron chi connectivity index (χ2n) is 5.86. The SMILES string of the molecule is CN=C(NCc1cccc(-n2cccn2)c1)N(C)Cc1ccccc1.I. The number of hydrogen-bond acceptors (Lipinski definition) is 2. The first-order chi connectivity index (χ1) is 12.3. The third-order valence-electron chi connectivity index (χ3n) is 3.97. The fraction of sp³-hybridized carbons (Fsp3) is 0.200. The van der Waals surface area contributed by atoms with Gasteiger partial charge in [0, 0.05) is 39.6 Å². The van der Waals surface area contributed by atoms with Gasteiger partial charge in [0.1, 0.15) is 0 Å². The number of aliphatic imine (C=N–C) groups is 1. The fourth-order valence-corrected chi connectivity index (χ4v) is 2.73. The van der Waals surface area contributed by atoms with Crippen LogP contribution in [0.3, 0.4) is 0 Å². The second kappa shape index (κ2) is 9.96. The summed E-state index contributed by atoms with van der Waals surface area (Å²) in [6, 6.07) is 20.6. The quantitative estimate of drug-likeness (QED) is 0.358. The van der Waals surface area contributed by atoms with Gasteiger partial charge in [-0.05, 0) is 29.3 Å². The minimum absolute atomic E-state index is 0. The Morgan fingerprint density at radius 1 is 1.08 bits per heavy atom. The molecule has 5 nitrogen and oxygen atoms in total. The molecule has 0 aliphatic rings. The lowest BCUT2D eigenvalue weighted by atomic mass is 10.2. The highest BCUT2D eigenvalue weighted by Crippen LogP contribution is 2.10. The Bertz CT molecular complexity index is 815. The zero-order valence-electron chi connectivity index (χ0n) is 15.0. The van der Waals surface area contributed by atoms with E-state index in [1.54, 1.807) is 6.20 Å². The van der Waals surface area contributed by atoms with Crippen molar-refractivity contribution in [2.45, 2.75) is 13.1 Å². The smallest absolute Gasteiger partial charge is 0.193 e. The number of rotatable bonds is 5. The van der Waals surface area contributed by atoms with E-state index in [1.165, 1.54) is 11.1 Å². The maximum absolute atomic E-state index is 4.39. The Morgan fingerprint density at radius 2 is 1.85 bits per heavy atom. The van der Waals surface area contributed by atoms with Gasteiger partial charge >= 0.3 is 0 Å². The molecule has 0 aliphatic heterocycles. The molecule has 0 bridgehead atoms. The summed E-state index contributed by atoms with van der Waals surface area (Å²) >= 11 is 0. The highest BCUT2D eigenvalue weighted by atomic mass is 127. The predicted octanol–water partition coefficient (Wildman–Crippen LogP) is 3.70. The van der Waals surface area contributed by atoms with Crippen LogP contribution in [0.1, 0.15) is 11.1 Å². The van der Waals surface area contributed by atoms with Crippen LogP contribution in [0.15, 0.2) is 78.0 Å². The number of nitrogens with one attached hydrogen (secondary N) is 1. The van der Waals surface area contributed by atoms with Crippen LogP contribution in [0.2, 0.25) is 0 Å². The number of aromatic nitrogens is 2. The number of guanidine groups is 1. The van der Waals surface area contributed by atoms with Crippen LogP contribution in [-0.2, 0) is 13.1 Å². The van der Waals surface area contributed by atoms with Crippen LogP contribution < -0.4 is 5.32 Å². The van der Waals surface area contributed by atoms with E-state index in [1.807, 2.05) is 49.2 Å². The van der Waals surface area contributed by atoms with Gasteiger partial charge in [-0.2, -0.15) is 5.10 Å². The minimum Gasteiger partial charge on any atom is -0.352 e. The first kappa shape index (κ1) is 20.0. The summed E-state index contributed by atoms with van der Waals surface area (Å²) in [4.78, 5) is 6.50. The molecule has 1 heterocycles. The molecule has 2 aromatic carbocycles. The van der Waals surface area contributed by atoms with Crippen molar-refractivity contribution in [1.29, 1.82) is 0 Å². The van der Waals surface area contributed by atoms with Crippen molar-refractivity contribution in [3.63, 3.8) is 0 Å². The summed E-state index contributed by atoms with van der Waals surface area (Å²) in [6.45, 7) is 1.52.